The lowest BCUT2D eigenvalue weighted by Gasteiger charge is -2.33. The third kappa shape index (κ3) is 5.41. The maximum absolute atomic E-state index is 11.6. The van der Waals surface area contributed by atoms with E-state index in [4.69, 9.17) is 16.3 Å². The fourth-order valence-electron chi connectivity index (χ4n) is 2.97. The summed E-state index contributed by atoms with van der Waals surface area (Å²) < 4.78 is 4.83. The van der Waals surface area contributed by atoms with Gasteiger partial charge in [-0.15, -0.1) is 0 Å². The molecular formula is C18H26ClN3O2. The molecule has 0 aliphatic carbocycles. The SMILES string of the molecule is CN=C(NCCCc1ccc(Cl)cc1)N1CCC(C(=O)OC)CC1. The minimum absolute atomic E-state index is 0.0225. The van der Waals surface area contributed by atoms with Crippen LogP contribution in [0, 0.1) is 5.92 Å². The maximum atomic E-state index is 11.6. The van der Waals surface area contributed by atoms with E-state index in [-0.39, 0.29) is 11.9 Å². The lowest BCUT2D eigenvalue weighted by atomic mass is 9.97. The van der Waals surface area contributed by atoms with Gasteiger partial charge in [0.25, 0.3) is 0 Å². The van der Waals surface area contributed by atoms with Gasteiger partial charge < -0.3 is 15.0 Å². The van der Waals surface area contributed by atoms with Crippen LogP contribution in [0.3, 0.4) is 0 Å². The molecule has 0 saturated carbocycles. The van der Waals surface area contributed by atoms with Crippen molar-refractivity contribution in [3.8, 4) is 0 Å². The lowest BCUT2D eigenvalue weighted by molar-refractivity contribution is -0.146. The average molecular weight is 352 g/mol. The van der Waals surface area contributed by atoms with Gasteiger partial charge in [-0.1, -0.05) is 23.7 Å². The largest absolute Gasteiger partial charge is 0.469 e. The number of rotatable bonds is 5. The molecule has 0 aromatic heterocycles. The van der Waals surface area contributed by atoms with E-state index >= 15 is 0 Å². The Morgan fingerprint density at radius 3 is 2.58 bits per heavy atom. The van der Waals surface area contributed by atoms with E-state index in [0.717, 1.165) is 56.3 Å². The van der Waals surface area contributed by atoms with Gasteiger partial charge in [-0.25, -0.2) is 0 Å². The fraction of sp³-hybridized carbons (Fsp3) is 0.556. The fourth-order valence-corrected chi connectivity index (χ4v) is 3.10. The summed E-state index contributed by atoms with van der Waals surface area (Å²) in [6.45, 7) is 2.53. The molecule has 2 rings (SSSR count). The quantitative estimate of drug-likeness (QED) is 0.383. The average Bonchev–Trinajstić information content (AvgIpc) is 2.63. The predicted octanol–water partition coefficient (Wildman–Crippen LogP) is 2.73. The van der Waals surface area contributed by atoms with Crippen molar-refractivity contribution in [1.82, 2.24) is 10.2 Å². The molecule has 1 aliphatic rings. The molecule has 1 fully saturated rings. The molecule has 1 aliphatic heterocycles. The van der Waals surface area contributed by atoms with Gasteiger partial charge in [0.15, 0.2) is 5.96 Å². The number of guanidine groups is 1. The van der Waals surface area contributed by atoms with Gasteiger partial charge in [0.1, 0.15) is 0 Å². The highest BCUT2D eigenvalue weighted by atomic mass is 35.5. The van der Waals surface area contributed by atoms with Crippen LogP contribution in [0.4, 0.5) is 0 Å². The Labute approximate surface area is 149 Å². The van der Waals surface area contributed by atoms with E-state index in [1.807, 2.05) is 12.1 Å². The number of nitrogens with zero attached hydrogens (tertiary/aromatic N) is 2. The summed E-state index contributed by atoms with van der Waals surface area (Å²) in [6.07, 6.45) is 3.67. The van der Waals surface area contributed by atoms with Gasteiger partial charge >= 0.3 is 5.97 Å². The second-order valence-corrected chi connectivity index (χ2v) is 6.42. The molecule has 0 radical (unpaired) electrons. The van der Waals surface area contributed by atoms with Crippen LogP contribution in [0.1, 0.15) is 24.8 Å². The molecular weight excluding hydrogens is 326 g/mol. The van der Waals surface area contributed by atoms with Gasteiger partial charge in [-0.3, -0.25) is 9.79 Å². The van der Waals surface area contributed by atoms with Gasteiger partial charge in [-0.2, -0.15) is 0 Å². The number of halogens is 1. The second kappa shape index (κ2) is 9.52. The van der Waals surface area contributed by atoms with Crippen molar-refractivity contribution in [2.45, 2.75) is 25.7 Å². The zero-order chi connectivity index (χ0) is 17.4. The number of piperidine rings is 1. The molecule has 1 heterocycles. The maximum Gasteiger partial charge on any atom is 0.308 e. The summed E-state index contributed by atoms with van der Waals surface area (Å²) >= 11 is 5.90. The summed E-state index contributed by atoms with van der Waals surface area (Å²) in [5.41, 5.74) is 1.29. The highest BCUT2D eigenvalue weighted by molar-refractivity contribution is 6.30. The molecule has 6 heteroatoms. The zero-order valence-electron chi connectivity index (χ0n) is 14.4. The van der Waals surface area contributed by atoms with Crippen LogP contribution in [0.25, 0.3) is 0 Å². The van der Waals surface area contributed by atoms with Crippen molar-refractivity contribution >= 4 is 23.5 Å². The van der Waals surface area contributed by atoms with Crippen molar-refractivity contribution < 1.29 is 9.53 Å². The molecule has 1 aromatic rings. The Kier molecular flexibility index (Phi) is 7.37. The number of methoxy groups -OCH3 is 1. The van der Waals surface area contributed by atoms with E-state index in [2.05, 4.69) is 27.3 Å². The van der Waals surface area contributed by atoms with Gasteiger partial charge in [0, 0.05) is 31.7 Å². The van der Waals surface area contributed by atoms with Crippen LogP contribution >= 0.6 is 11.6 Å². The standard InChI is InChI=1S/C18H26ClN3O2/c1-20-18(22-12-9-15(10-13-22)17(23)24-2)21-11-3-4-14-5-7-16(19)8-6-14/h5-8,15H,3-4,9-13H2,1-2H3,(H,20,21). The Morgan fingerprint density at radius 2 is 2.00 bits per heavy atom. The van der Waals surface area contributed by atoms with E-state index in [1.54, 1.807) is 7.05 Å². The molecule has 1 N–H and O–H groups in total. The lowest BCUT2D eigenvalue weighted by Crippen LogP contribution is -2.46. The molecule has 0 unspecified atom stereocenters. The minimum Gasteiger partial charge on any atom is -0.469 e. The smallest absolute Gasteiger partial charge is 0.308 e. The Bertz CT molecular complexity index is 552. The van der Waals surface area contributed by atoms with Gasteiger partial charge in [-0.05, 0) is 43.4 Å². The molecule has 0 spiro atoms. The number of hydrogen-bond donors (Lipinski definition) is 1. The number of carbonyl (C=O) groups excluding carboxylic acids is 1. The Morgan fingerprint density at radius 1 is 1.33 bits per heavy atom. The van der Waals surface area contributed by atoms with Crippen LogP contribution in [0.2, 0.25) is 5.02 Å². The Hall–Kier alpha value is -1.75. The first-order chi connectivity index (χ1) is 11.6. The van der Waals surface area contributed by atoms with E-state index in [0.29, 0.717) is 0 Å². The van der Waals surface area contributed by atoms with Crippen LogP contribution in [-0.2, 0) is 16.0 Å². The number of aliphatic imine (C=N–C) groups is 1. The number of hydrogen-bond acceptors (Lipinski definition) is 3. The highest BCUT2D eigenvalue weighted by Crippen LogP contribution is 2.18. The minimum atomic E-state index is -0.0967. The van der Waals surface area contributed by atoms with Gasteiger partial charge in [0.05, 0.1) is 13.0 Å². The summed E-state index contributed by atoms with van der Waals surface area (Å²) in [7, 11) is 3.25. The molecule has 132 valence electrons. The normalized spacial score (nSPS) is 16.1. The number of likely N-dealkylation sites (tertiary alicyclic amines) is 1. The zero-order valence-corrected chi connectivity index (χ0v) is 15.2. The summed E-state index contributed by atoms with van der Waals surface area (Å²) in [6, 6.07) is 7.98. The van der Waals surface area contributed by atoms with Crippen molar-refractivity contribution in [3.05, 3.63) is 34.9 Å². The first-order valence-electron chi connectivity index (χ1n) is 8.42. The van der Waals surface area contributed by atoms with E-state index in [1.165, 1.54) is 12.7 Å². The van der Waals surface area contributed by atoms with Crippen LogP contribution in [0.5, 0.6) is 0 Å². The van der Waals surface area contributed by atoms with Crippen molar-refractivity contribution in [2.24, 2.45) is 10.9 Å². The number of carbonyl (C=O) groups is 1. The molecule has 0 bridgehead atoms. The molecule has 24 heavy (non-hydrogen) atoms. The molecule has 0 atom stereocenters. The van der Waals surface area contributed by atoms with Crippen molar-refractivity contribution in [3.63, 3.8) is 0 Å². The first-order valence-corrected chi connectivity index (χ1v) is 8.79. The number of ether oxygens (including phenoxy) is 1. The van der Waals surface area contributed by atoms with Crippen molar-refractivity contribution in [2.75, 3.05) is 33.8 Å². The summed E-state index contributed by atoms with van der Waals surface area (Å²) in [5, 5.41) is 4.18. The van der Waals surface area contributed by atoms with Crippen LogP contribution in [-0.4, -0.2) is 50.6 Å². The summed E-state index contributed by atoms with van der Waals surface area (Å²) in [5.74, 6) is 0.837. The third-order valence-electron chi connectivity index (χ3n) is 4.38. The molecule has 5 nitrogen and oxygen atoms in total. The topological polar surface area (TPSA) is 53.9 Å². The number of esters is 1. The number of aryl methyl sites for hydroxylation is 1. The third-order valence-corrected chi connectivity index (χ3v) is 4.63. The predicted molar refractivity (Wildman–Crippen MR) is 97.4 cm³/mol. The Balaban J connectivity index is 1.71. The van der Waals surface area contributed by atoms with Crippen LogP contribution in [0.15, 0.2) is 29.3 Å². The molecule has 1 saturated heterocycles. The number of nitrogens with one attached hydrogen (secondary N) is 1. The van der Waals surface area contributed by atoms with Crippen LogP contribution < -0.4 is 5.32 Å². The number of benzene rings is 1. The second-order valence-electron chi connectivity index (χ2n) is 5.99. The molecule has 1 aromatic carbocycles. The van der Waals surface area contributed by atoms with E-state index in [9.17, 15) is 4.79 Å². The van der Waals surface area contributed by atoms with E-state index < -0.39 is 0 Å². The van der Waals surface area contributed by atoms with Crippen molar-refractivity contribution in [1.29, 1.82) is 0 Å². The molecule has 0 amide bonds. The summed E-state index contributed by atoms with van der Waals surface area (Å²) in [4.78, 5) is 18.2. The van der Waals surface area contributed by atoms with Gasteiger partial charge in [0.2, 0.25) is 0 Å². The highest BCUT2D eigenvalue weighted by Gasteiger charge is 2.26. The monoisotopic (exact) mass is 351 g/mol. The first kappa shape index (κ1) is 18.6.